The average Bonchev–Trinajstić information content (AvgIpc) is 3.38. The van der Waals surface area contributed by atoms with Gasteiger partial charge in [0, 0.05) is 11.8 Å². The minimum atomic E-state index is -0.538. The maximum Gasteiger partial charge on any atom is 0.339 e. The first-order valence-electron chi connectivity index (χ1n) is 8.75. The molecule has 2 atom stereocenters. The smallest absolute Gasteiger partial charge is 0.339 e. The zero-order valence-electron chi connectivity index (χ0n) is 15.1. The fourth-order valence-electron chi connectivity index (χ4n) is 3.09. The summed E-state index contributed by atoms with van der Waals surface area (Å²) in [5, 5.41) is 5.51. The summed E-state index contributed by atoms with van der Waals surface area (Å²) in [7, 11) is 1.28. The first kappa shape index (κ1) is 17.8. The van der Waals surface area contributed by atoms with Crippen LogP contribution < -0.4 is 20.1 Å². The Kier molecular flexibility index (Phi) is 4.60. The highest BCUT2D eigenvalue weighted by Gasteiger charge is 2.48. The number of methoxy groups -OCH3 is 1. The fraction of sp³-hybridized carbons (Fsp3) is 0.250. The zero-order chi connectivity index (χ0) is 19.7. The topological polar surface area (TPSA) is 103 Å². The van der Waals surface area contributed by atoms with Crippen LogP contribution in [0, 0.1) is 11.8 Å². The SMILES string of the molecule is COC(=O)c1ccccc1NC(=O)C1CC1C(=O)Nc1ccc2c(c1)OCO2. The Morgan fingerprint density at radius 2 is 1.68 bits per heavy atom. The molecule has 4 rings (SSSR count). The summed E-state index contributed by atoms with van der Waals surface area (Å²) < 4.78 is 15.2. The molecule has 1 aliphatic carbocycles. The van der Waals surface area contributed by atoms with Gasteiger partial charge >= 0.3 is 5.97 Å². The van der Waals surface area contributed by atoms with Gasteiger partial charge in [-0.3, -0.25) is 9.59 Å². The summed E-state index contributed by atoms with van der Waals surface area (Å²) >= 11 is 0. The van der Waals surface area contributed by atoms with Crippen LogP contribution in [0.4, 0.5) is 11.4 Å². The fourth-order valence-corrected chi connectivity index (χ4v) is 3.09. The molecule has 0 radical (unpaired) electrons. The first-order valence-corrected chi connectivity index (χ1v) is 8.75. The van der Waals surface area contributed by atoms with Crippen LogP contribution in [-0.4, -0.2) is 31.7 Å². The van der Waals surface area contributed by atoms with Crippen LogP contribution in [-0.2, 0) is 14.3 Å². The number of esters is 1. The molecular weight excluding hydrogens is 364 g/mol. The molecule has 2 aromatic rings. The highest BCUT2D eigenvalue weighted by atomic mass is 16.7. The van der Waals surface area contributed by atoms with Gasteiger partial charge in [0.25, 0.3) is 0 Å². The van der Waals surface area contributed by atoms with E-state index in [2.05, 4.69) is 10.6 Å². The normalized spacial score (nSPS) is 18.9. The molecule has 144 valence electrons. The van der Waals surface area contributed by atoms with E-state index in [1.165, 1.54) is 7.11 Å². The van der Waals surface area contributed by atoms with Gasteiger partial charge in [-0.25, -0.2) is 4.79 Å². The summed E-state index contributed by atoms with van der Waals surface area (Å²) in [6.07, 6.45) is 0.447. The quantitative estimate of drug-likeness (QED) is 0.770. The van der Waals surface area contributed by atoms with Crippen molar-refractivity contribution in [2.75, 3.05) is 24.5 Å². The van der Waals surface area contributed by atoms with Crippen molar-refractivity contribution < 1.29 is 28.6 Å². The van der Waals surface area contributed by atoms with E-state index in [9.17, 15) is 14.4 Å². The molecule has 2 unspecified atom stereocenters. The molecule has 0 bridgehead atoms. The molecule has 1 saturated carbocycles. The van der Waals surface area contributed by atoms with Gasteiger partial charge in [0.15, 0.2) is 11.5 Å². The molecule has 8 nitrogen and oxygen atoms in total. The van der Waals surface area contributed by atoms with E-state index in [1.807, 2.05) is 0 Å². The van der Waals surface area contributed by atoms with Crippen molar-refractivity contribution in [3.63, 3.8) is 0 Å². The van der Waals surface area contributed by atoms with Crippen LogP contribution in [0.5, 0.6) is 11.5 Å². The summed E-state index contributed by atoms with van der Waals surface area (Å²) in [6, 6.07) is 11.7. The lowest BCUT2D eigenvalue weighted by atomic mass is 10.1. The maximum absolute atomic E-state index is 12.5. The van der Waals surface area contributed by atoms with Gasteiger partial charge in [-0.2, -0.15) is 0 Å². The Morgan fingerprint density at radius 1 is 0.964 bits per heavy atom. The number of ether oxygens (including phenoxy) is 3. The third kappa shape index (κ3) is 3.48. The molecule has 2 aromatic carbocycles. The summed E-state index contributed by atoms with van der Waals surface area (Å²) in [4.78, 5) is 36.7. The van der Waals surface area contributed by atoms with Crippen molar-refractivity contribution >= 4 is 29.2 Å². The third-order valence-electron chi connectivity index (χ3n) is 4.69. The highest BCUT2D eigenvalue weighted by molar-refractivity contribution is 6.06. The predicted molar refractivity (Wildman–Crippen MR) is 99.2 cm³/mol. The number of para-hydroxylation sites is 1. The summed E-state index contributed by atoms with van der Waals surface area (Å²) in [5.74, 6) is -0.741. The number of nitrogens with one attached hydrogen (secondary N) is 2. The van der Waals surface area contributed by atoms with E-state index in [4.69, 9.17) is 14.2 Å². The Bertz CT molecular complexity index is 957. The minimum Gasteiger partial charge on any atom is -0.465 e. The average molecular weight is 382 g/mol. The number of fused-ring (bicyclic) bond motifs is 1. The molecule has 2 aliphatic rings. The van der Waals surface area contributed by atoms with Crippen molar-refractivity contribution in [3.05, 3.63) is 48.0 Å². The van der Waals surface area contributed by atoms with Gasteiger partial charge in [-0.1, -0.05) is 12.1 Å². The monoisotopic (exact) mass is 382 g/mol. The van der Waals surface area contributed by atoms with Gasteiger partial charge in [0.2, 0.25) is 18.6 Å². The van der Waals surface area contributed by atoms with Crippen LogP contribution in [0.1, 0.15) is 16.8 Å². The lowest BCUT2D eigenvalue weighted by Gasteiger charge is -2.10. The minimum absolute atomic E-state index is 0.157. The molecule has 0 spiro atoms. The Labute approximate surface area is 160 Å². The number of carbonyl (C=O) groups is 3. The van der Waals surface area contributed by atoms with E-state index >= 15 is 0 Å². The molecule has 1 aliphatic heterocycles. The summed E-state index contributed by atoms with van der Waals surface area (Å²) in [6.45, 7) is 0.157. The van der Waals surface area contributed by atoms with Crippen LogP contribution in [0.2, 0.25) is 0 Å². The molecule has 0 saturated heterocycles. The molecule has 2 amide bonds. The van der Waals surface area contributed by atoms with Gasteiger partial charge in [0.05, 0.1) is 30.2 Å². The van der Waals surface area contributed by atoms with Crippen LogP contribution >= 0.6 is 0 Å². The first-order chi connectivity index (χ1) is 13.6. The summed E-state index contributed by atoms with van der Waals surface area (Å²) in [5.41, 5.74) is 1.21. The van der Waals surface area contributed by atoms with E-state index < -0.39 is 17.8 Å². The van der Waals surface area contributed by atoms with E-state index in [1.54, 1.807) is 42.5 Å². The van der Waals surface area contributed by atoms with E-state index in [0.717, 1.165) is 0 Å². The second-order valence-corrected chi connectivity index (χ2v) is 6.53. The van der Waals surface area contributed by atoms with E-state index in [0.29, 0.717) is 29.3 Å². The maximum atomic E-state index is 12.5. The third-order valence-corrected chi connectivity index (χ3v) is 4.69. The highest BCUT2D eigenvalue weighted by Crippen LogP contribution is 2.41. The molecule has 2 N–H and O–H groups in total. The Morgan fingerprint density at radius 3 is 2.46 bits per heavy atom. The van der Waals surface area contributed by atoms with Gasteiger partial charge in [-0.05, 0) is 30.7 Å². The standard InChI is InChI=1S/C20H18N2O6/c1-26-20(25)12-4-2-3-5-15(12)22-19(24)14-9-13(14)18(23)21-11-6-7-16-17(8-11)28-10-27-16/h2-8,13-14H,9-10H2,1H3,(H,21,23)(H,22,24). The van der Waals surface area contributed by atoms with Crippen molar-refractivity contribution in [1.29, 1.82) is 0 Å². The number of anilines is 2. The number of hydrogen-bond donors (Lipinski definition) is 2. The zero-order valence-corrected chi connectivity index (χ0v) is 15.1. The largest absolute Gasteiger partial charge is 0.465 e. The Hall–Kier alpha value is -3.55. The number of rotatable bonds is 5. The van der Waals surface area contributed by atoms with Crippen molar-refractivity contribution in [2.24, 2.45) is 11.8 Å². The van der Waals surface area contributed by atoms with Gasteiger partial charge in [-0.15, -0.1) is 0 Å². The number of carbonyl (C=O) groups excluding carboxylic acids is 3. The van der Waals surface area contributed by atoms with Crippen LogP contribution in [0.15, 0.2) is 42.5 Å². The van der Waals surface area contributed by atoms with Crippen molar-refractivity contribution in [2.45, 2.75) is 6.42 Å². The van der Waals surface area contributed by atoms with Gasteiger partial charge in [0.1, 0.15) is 0 Å². The molecule has 28 heavy (non-hydrogen) atoms. The number of hydrogen-bond acceptors (Lipinski definition) is 6. The number of amides is 2. The van der Waals surface area contributed by atoms with Crippen LogP contribution in [0.3, 0.4) is 0 Å². The molecular formula is C20H18N2O6. The van der Waals surface area contributed by atoms with Gasteiger partial charge < -0.3 is 24.8 Å². The van der Waals surface area contributed by atoms with Crippen molar-refractivity contribution in [3.8, 4) is 11.5 Å². The second kappa shape index (κ2) is 7.22. The molecule has 1 heterocycles. The molecule has 1 fully saturated rings. The Balaban J connectivity index is 1.37. The second-order valence-electron chi connectivity index (χ2n) is 6.53. The lowest BCUT2D eigenvalue weighted by Crippen LogP contribution is -2.21. The predicted octanol–water partition coefficient (Wildman–Crippen LogP) is 2.42. The lowest BCUT2D eigenvalue weighted by molar-refractivity contribution is -0.122. The van der Waals surface area contributed by atoms with Crippen molar-refractivity contribution in [1.82, 2.24) is 0 Å². The van der Waals surface area contributed by atoms with Crippen LogP contribution in [0.25, 0.3) is 0 Å². The number of benzene rings is 2. The molecule has 8 heteroatoms. The van der Waals surface area contributed by atoms with E-state index in [-0.39, 0.29) is 24.2 Å². The molecule has 0 aromatic heterocycles.